The zero-order valence-electron chi connectivity index (χ0n) is 19.1. The largest absolute Gasteiger partial charge is 0.504 e. The van der Waals surface area contributed by atoms with Gasteiger partial charge in [0.05, 0.1) is 7.11 Å². The summed E-state index contributed by atoms with van der Waals surface area (Å²) in [6, 6.07) is 6.20. The Hall–Kier alpha value is -2.79. The molecule has 1 heterocycles. The van der Waals surface area contributed by atoms with Crippen molar-refractivity contribution >= 4 is 17.8 Å². The Morgan fingerprint density at radius 2 is 2.28 bits per heavy atom. The number of aromatic amines is 1. The Labute approximate surface area is 178 Å². The summed E-state index contributed by atoms with van der Waals surface area (Å²) in [4.78, 5) is 19.8. The Morgan fingerprint density at radius 3 is 3.03 bits per heavy atom. The number of hydrogen-bond donors (Lipinski definition) is 2. The van der Waals surface area contributed by atoms with Crippen LogP contribution in [0.15, 0.2) is 57.4 Å². The average molecular weight is 414 g/mol. The van der Waals surface area contributed by atoms with Crippen molar-refractivity contribution in [3.63, 3.8) is 0 Å². The molecule has 2 atom stereocenters. The van der Waals surface area contributed by atoms with Crippen molar-refractivity contribution in [2.24, 2.45) is 10.9 Å². The molecule has 2 aliphatic carbocycles. The Kier molecular flexibility index (Phi) is 4.00. The van der Waals surface area contributed by atoms with Crippen LogP contribution in [-0.2, 0) is 12.0 Å². The van der Waals surface area contributed by atoms with Gasteiger partial charge in [-0.2, -0.15) is 0 Å². The van der Waals surface area contributed by atoms with Crippen molar-refractivity contribution in [1.82, 2.24) is 4.98 Å². The fraction of sp³-hybridized carbons (Fsp3) is 0.304. The number of phenolic OH excluding ortho intramolecular Hbond substituents is 1. The van der Waals surface area contributed by atoms with Crippen LogP contribution < -0.4 is 10.3 Å². The Bertz CT molecular complexity index is 1230. The highest BCUT2D eigenvalue weighted by Gasteiger charge is 2.46. The van der Waals surface area contributed by atoms with Gasteiger partial charge in [-0.1, -0.05) is 29.3 Å². The third kappa shape index (κ3) is 3.19. The van der Waals surface area contributed by atoms with E-state index in [1.165, 1.54) is 31.5 Å². The molecule has 1 aromatic heterocycles. The van der Waals surface area contributed by atoms with Gasteiger partial charge in [-0.25, -0.2) is 0 Å². The molecule has 5 nitrogen and oxygen atoms in total. The average Bonchev–Trinajstić information content (AvgIpc) is 2.68. The number of aromatic hydroxyl groups is 1. The molecule has 0 fully saturated rings. The molecule has 0 spiro atoms. The lowest BCUT2D eigenvalue weighted by atomic mass is 9.63. The third-order valence-corrected chi connectivity index (χ3v) is 5.85. The van der Waals surface area contributed by atoms with Crippen LogP contribution >= 0.6 is 11.6 Å². The van der Waals surface area contributed by atoms with Crippen molar-refractivity contribution in [2.45, 2.75) is 32.2 Å². The van der Waals surface area contributed by atoms with E-state index in [1.54, 1.807) is 12.1 Å². The molecule has 150 valence electrons. The number of methoxy groups -OCH3 is 1. The van der Waals surface area contributed by atoms with Crippen molar-refractivity contribution in [3.8, 4) is 11.5 Å². The number of aromatic nitrogens is 1. The van der Waals surface area contributed by atoms with E-state index in [2.05, 4.69) is 4.98 Å². The van der Waals surface area contributed by atoms with Crippen molar-refractivity contribution in [1.29, 1.82) is 0 Å². The predicted octanol–water partition coefficient (Wildman–Crippen LogP) is 4.53. The van der Waals surface area contributed by atoms with Crippen LogP contribution in [0.2, 0.25) is 5.02 Å². The van der Waals surface area contributed by atoms with Gasteiger partial charge < -0.3 is 14.8 Å². The van der Waals surface area contributed by atoms with Crippen LogP contribution in [0.1, 0.15) is 41.1 Å². The second-order valence-electron chi connectivity index (χ2n) is 7.48. The van der Waals surface area contributed by atoms with Crippen LogP contribution in [-0.4, -0.2) is 23.4 Å². The second-order valence-corrected chi connectivity index (χ2v) is 7.92. The maximum absolute atomic E-state index is 12.0. The number of rotatable bonds is 3. The van der Waals surface area contributed by atoms with Gasteiger partial charge in [-0.05, 0) is 37.9 Å². The molecule has 6 heteroatoms. The van der Waals surface area contributed by atoms with Gasteiger partial charge in [-0.3, -0.25) is 9.79 Å². The molecular weight excluding hydrogens is 388 g/mol. The van der Waals surface area contributed by atoms with E-state index in [4.69, 9.17) is 25.4 Å². The molecular formula is C23H23ClN2O3. The summed E-state index contributed by atoms with van der Waals surface area (Å²) in [5, 5.41) is 10.9. The number of halogens is 1. The first kappa shape index (κ1) is 16.1. The normalized spacial score (nSPS) is 26.4. The first-order valence-electron chi connectivity index (χ1n) is 10.8. The fourth-order valence-corrected chi connectivity index (χ4v) is 4.67. The zero-order chi connectivity index (χ0) is 23.3. The molecule has 2 aromatic rings. The number of allylic oxidation sites excluding steroid dienone is 2. The molecule has 1 aromatic carbocycles. The van der Waals surface area contributed by atoms with Crippen molar-refractivity contribution in [3.05, 3.63) is 79.8 Å². The van der Waals surface area contributed by atoms with E-state index in [0.29, 0.717) is 29.0 Å². The van der Waals surface area contributed by atoms with E-state index in [9.17, 15) is 9.90 Å². The summed E-state index contributed by atoms with van der Waals surface area (Å²) in [6.45, 7) is -0.311. The predicted molar refractivity (Wildman–Crippen MR) is 115 cm³/mol. The maximum atomic E-state index is 12.0. The molecule has 0 radical (unpaired) electrons. The topological polar surface area (TPSA) is 74.7 Å². The number of nitrogens with zero attached hydrogens (tertiary/aromatic N) is 1. The monoisotopic (exact) mass is 413 g/mol. The number of aliphatic imine (C=N–C) groups is 1. The number of hydrogen-bond acceptors (Lipinski definition) is 4. The van der Waals surface area contributed by atoms with Gasteiger partial charge in [0, 0.05) is 56.6 Å². The van der Waals surface area contributed by atoms with Crippen LogP contribution in [0.5, 0.6) is 11.5 Å². The lowest BCUT2D eigenvalue weighted by Gasteiger charge is -2.45. The van der Waals surface area contributed by atoms with E-state index in [-0.39, 0.29) is 23.0 Å². The molecule has 0 amide bonds. The summed E-state index contributed by atoms with van der Waals surface area (Å²) in [6.07, 6.45) is 5.77. The Morgan fingerprint density at radius 1 is 1.45 bits per heavy atom. The van der Waals surface area contributed by atoms with E-state index in [1.807, 2.05) is 13.0 Å². The second kappa shape index (κ2) is 7.23. The molecule has 0 unspecified atom stereocenters. The van der Waals surface area contributed by atoms with Gasteiger partial charge in [0.25, 0.3) is 0 Å². The van der Waals surface area contributed by atoms with Crippen molar-refractivity contribution < 1.29 is 14.0 Å². The maximum Gasteiger partial charge on any atom is 0.248 e. The highest BCUT2D eigenvalue weighted by molar-refractivity contribution is 6.31. The molecule has 0 aliphatic heterocycles. The van der Waals surface area contributed by atoms with E-state index >= 15 is 0 Å². The summed E-state index contributed by atoms with van der Waals surface area (Å²) in [5.41, 5.74) is 2.31. The first-order valence-corrected chi connectivity index (χ1v) is 9.65. The molecule has 2 bridgehead atoms. The van der Waals surface area contributed by atoms with Gasteiger partial charge >= 0.3 is 0 Å². The smallest absolute Gasteiger partial charge is 0.248 e. The van der Waals surface area contributed by atoms with Crippen LogP contribution in [0, 0.1) is 5.92 Å². The fourth-order valence-electron chi connectivity index (χ4n) is 4.45. The molecule has 0 saturated heterocycles. The van der Waals surface area contributed by atoms with Gasteiger partial charge in [0.15, 0.2) is 11.5 Å². The lowest BCUT2D eigenvalue weighted by molar-refractivity contribution is 0.373. The summed E-state index contributed by atoms with van der Waals surface area (Å²) >= 11 is 6.18. The third-order valence-electron chi connectivity index (χ3n) is 5.64. The number of ether oxygens (including phenoxy) is 1. The highest BCUT2D eigenvalue weighted by atomic mass is 35.5. The first-order chi connectivity index (χ1) is 15.0. The number of fused-ring (bicyclic) bond motifs is 4. The summed E-state index contributed by atoms with van der Waals surface area (Å²) < 4.78 is 28.8. The minimum Gasteiger partial charge on any atom is -0.504 e. The SMILES string of the molecule is [2H]C([2H])([2H])C=C1[C@H]2C=C(C)C[C@]1(N=Cc1cc(Cl)cc(OC)c1O)c1ccc(=O)[nH]c1C2. The number of nitrogens with one attached hydrogen (secondary N) is 1. The van der Waals surface area contributed by atoms with E-state index < -0.39 is 12.4 Å². The number of phenols is 1. The summed E-state index contributed by atoms with van der Waals surface area (Å²) in [7, 11) is 1.43. The number of benzene rings is 1. The van der Waals surface area contributed by atoms with Gasteiger partial charge in [0.1, 0.15) is 5.54 Å². The highest BCUT2D eigenvalue weighted by Crippen LogP contribution is 2.52. The molecule has 0 saturated carbocycles. The molecule has 2 aliphatic rings. The van der Waals surface area contributed by atoms with Gasteiger partial charge in [-0.15, -0.1) is 0 Å². The molecule has 2 N–H and O–H groups in total. The van der Waals surface area contributed by atoms with Crippen LogP contribution in [0.4, 0.5) is 0 Å². The van der Waals surface area contributed by atoms with Crippen LogP contribution in [0.3, 0.4) is 0 Å². The lowest BCUT2D eigenvalue weighted by Crippen LogP contribution is -2.40. The minimum absolute atomic E-state index is 0.115. The molecule has 4 rings (SSSR count). The number of pyridine rings is 1. The van der Waals surface area contributed by atoms with Gasteiger partial charge in [0.2, 0.25) is 5.56 Å². The standard InChI is InChI=1S/C23H23ClN2O3/c1-4-17-14-7-13(2)11-23(17,18-5-6-21(27)26-19(18)9-14)25-12-15-8-16(24)10-20(29-3)22(15)28/h4-8,10,12,14,28H,9,11H2,1-3H3,(H,26,27)/t14-,23+/m0/s1/i1D3. The summed E-state index contributed by atoms with van der Waals surface area (Å²) in [5.74, 6) is -0.120. The Balaban J connectivity index is 1.98. The van der Waals surface area contributed by atoms with E-state index in [0.717, 1.165) is 16.8 Å². The quantitative estimate of drug-likeness (QED) is 0.573. The van der Waals surface area contributed by atoms with Crippen molar-refractivity contribution in [2.75, 3.05) is 7.11 Å². The van der Waals surface area contributed by atoms with Crippen LogP contribution in [0.25, 0.3) is 0 Å². The molecule has 29 heavy (non-hydrogen) atoms. The minimum atomic E-state index is -2.30. The zero-order valence-corrected chi connectivity index (χ0v) is 16.9. The number of H-pyrrole nitrogens is 1.